The third kappa shape index (κ3) is 4.90. The molecule has 21 heavy (non-hydrogen) atoms. The van der Waals surface area contributed by atoms with Crippen LogP contribution in [-0.2, 0) is 9.53 Å². The summed E-state index contributed by atoms with van der Waals surface area (Å²) in [4.78, 5) is 24.6. The van der Waals surface area contributed by atoms with Crippen molar-refractivity contribution >= 4 is 17.4 Å². The van der Waals surface area contributed by atoms with E-state index in [4.69, 9.17) is 16.7 Å². The Bertz CT molecular complexity index is 610. The van der Waals surface area contributed by atoms with Gasteiger partial charge in [0.1, 0.15) is 0 Å². The van der Waals surface area contributed by atoms with Gasteiger partial charge >= 0.3 is 11.7 Å². The van der Waals surface area contributed by atoms with E-state index in [0.29, 0.717) is 12.8 Å². The molecule has 1 rings (SSSR count). The van der Waals surface area contributed by atoms with E-state index in [0.717, 1.165) is 6.42 Å². The maximum absolute atomic E-state index is 11.7. The van der Waals surface area contributed by atoms with Crippen molar-refractivity contribution in [2.24, 2.45) is 0 Å². The van der Waals surface area contributed by atoms with Crippen LogP contribution in [0.4, 0.5) is 5.69 Å². The molecular formula is C14H13N3O4. The molecule has 0 aromatic heterocycles. The fraction of sp³-hybridized carbons (Fsp3) is 0.286. The highest BCUT2D eigenvalue weighted by Gasteiger charge is 2.25. The Balaban J connectivity index is 2.66. The summed E-state index contributed by atoms with van der Waals surface area (Å²) in [6.07, 6.45) is 7.03. The Morgan fingerprint density at radius 1 is 1.38 bits per heavy atom. The molecule has 7 heteroatoms. The van der Waals surface area contributed by atoms with Gasteiger partial charge in [0.2, 0.25) is 0 Å². The van der Waals surface area contributed by atoms with Crippen LogP contribution >= 0.6 is 0 Å². The maximum Gasteiger partial charge on any atom is 0.422 e. The normalized spacial score (nSPS) is 9.29. The van der Waals surface area contributed by atoms with Crippen molar-refractivity contribution in [3.05, 3.63) is 45.5 Å². The Hall–Kier alpha value is -2.97. The molecule has 0 atom stereocenters. The van der Waals surface area contributed by atoms with Crippen LogP contribution in [0.25, 0.3) is 5.53 Å². The third-order valence-electron chi connectivity index (χ3n) is 2.59. The van der Waals surface area contributed by atoms with E-state index in [9.17, 15) is 14.9 Å². The smallest absolute Gasteiger partial charge is 0.422 e. The van der Waals surface area contributed by atoms with Crippen LogP contribution < -0.4 is 0 Å². The van der Waals surface area contributed by atoms with Crippen LogP contribution in [0.3, 0.4) is 0 Å². The number of ether oxygens (including phenoxy) is 1. The summed E-state index contributed by atoms with van der Waals surface area (Å²) in [6.45, 7) is 0.159. The van der Waals surface area contributed by atoms with E-state index >= 15 is 0 Å². The van der Waals surface area contributed by atoms with Gasteiger partial charge in [-0.3, -0.25) is 10.1 Å². The third-order valence-corrected chi connectivity index (χ3v) is 2.59. The second kappa shape index (κ2) is 8.25. The number of nitro benzene ring substituents is 1. The predicted molar refractivity (Wildman–Crippen MR) is 74.5 cm³/mol. The molecule has 1 aromatic carbocycles. The van der Waals surface area contributed by atoms with Crippen molar-refractivity contribution in [3.8, 4) is 12.3 Å². The standard InChI is InChI=1S/C14H13N3O4/c1-2-3-4-5-10-21-14(18)13(16-15)11-6-8-12(9-7-11)17(19)20/h1,6-9H,3-5,10H2. The molecule has 1 aromatic rings. The summed E-state index contributed by atoms with van der Waals surface area (Å²) < 4.78 is 4.94. The first-order valence-corrected chi connectivity index (χ1v) is 6.17. The van der Waals surface area contributed by atoms with E-state index in [-0.39, 0.29) is 23.6 Å². The van der Waals surface area contributed by atoms with Crippen LogP contribution in [0.15, 0.2) is 24.3 Å². The summed E-state index contributed by atoms with van der Waals surface area (Å²) in [5, 5.41) is 10.5. The number of benzene rings is 1. The number of esters is 1. The SMILES string of the molecule is C#CCCCCOC(=O)C(=[N+]=[N-])c1ccc([N+](=O)[O-])cc1. The summed E-state index contributed by atoms with van der Waals surface area (Å²) in [6, 6.07) is 5.04. The van der Waals surface area contributed by atoms with Gasteiger partial charge < -0.3 is 10.3 Å². The summed E-state index contributed by atoms with van der Waals surface area (Å²) in [5.74, 6) is 1.67. The zero-order valence-electron chi connectivity index (χ0n) is 11.2. The van der Waals surface area contributed by atoms with Gasteiger partial charge in [-0.1, -0.05) is 0 Å². The fourth-order valence-electron chi connectivity index (χ4n) is 1.52. The van der Waals surface area contributed by atoms with Gasteiger partial charge in [0.05, 0.1) is 17.1 Å². The number of hydrogen-bond donors (Lipinski definition) is 0. The van der Waals surface area contributed by atoms with Crippen molar-refractivity contribution in [3.63, 3.8) is 0 Å². The highest BCUT2D eigenvalue weighted by Crippen LogP contribution is 2.12. The van der Waals surface area contributed by atoms with Gasteiger partial charge in [0.25, 0.3) is 5.69 Å². The molecule has 0 spiro atoms. The summed E-state index contributed by atoms with van der Waals surface area (Å²) in [7, 11) is 0. The second-order valence-corrected chi connectivity index (χ2v) is 4.05. The van der Waals surface area contributed by atoms with E-state index in [1.807, 2.05) is 0 Å². The molecule has 0 fully saturated rings. The lowest BCUT2D eigenvalue weighted by molar-refractivity contribution is -0.384. The van der Waals surface area contributed by atoms with Crippen molar-refractivity contribution in [1.29, 1.82) is 0 Å². The first-order valence-electron chi connectivity index (χ1n) is 6.17. The molecule has 108 valence electrons. The first-order chi connectivity index (χ1) is 10.1. The minimum Gasteiger partial charge on any atom is -0.457 e. The van der Waals surface area contributed by atoms with E-state index in [1.165, 1.54) is 24.3 Å². The van der Waals surface area contributed by atoms with Crippen LogP contribution in [0.1, 0.15) is 24.8 Å². The lowest BCUT2D eigenvalue weighted by Gasteiger charge is -2.01. The average Bonchev–Trinajstić information content (AvgIpc) is 2.48. The number of carbonyl (C=O) groups is 1. The number of hydrogen-bond acceptors (Lipinski definition) is 4. The Morgan fingerprint density at radius 3 is 2.57 bits per heavy atom. The zero-order valence-corrected chi connectivity index (χ0v) is 11.2. The zero-order chi connectivity index (χ0) is 15.7. The largest absolute Gasteiger partial charge is 0.457 e. The van der Waals surface area contributed by atoms with Crippen molar-refractivity contribution in [1.82, 2.24) is 0 Å². The predicted octanol–water partition coefficient (Wildman–Crippen LogP) is 1.96. The Kier molecular flexibility index (Phi) is 6.32. The molecule has 0 aliphatic heterocycles. The highest BCUT2D eigenvalue weighted by molar-refractivity contribution is 6.40. The lowest BCUT2D eigenvalue weighted by Crippen LogP contribution is -2.20. The molecule has 0 heterocycles. The lowest BCUT2D eigenvalue weighted by atomic mass is 10.1. The van der Waals surface area contributed by atoms with Crippen LogP contribution in [0.5, 0.6) is 0 Å². The van der Waals surface area contributed by atoms with E-state index < -0.39 is 10.9 Å². The monoisotopic (exact) mass is 287 g/mol. The van der Waals surface area contributed by atoms with Crippen LogP contribution in [-0.4, -0.2) is 28.0 Å². The number of rotatable bonds is 7. The molecule has 0 aliphatic carbocycles. The van der Waals surface area contributed by atoms with Crippen LogP contribution in [0, 0.1) is 22.5 Å². The summed E-state index contributed by atoms with van der Waals surface area (Å²) in [5.41, 5.74) is 8.70. The Labute approximate surface area is 121 Å². The molecular weight excluding hydrogens is 274 g/mol. The van der Waals surface area contributed by atoms with Crippen molar-refractivity contribution in [2.45, 2.75) is 19.3 Å². The molecule has 0 N–H and O–H groups in total. The quantitative estimate of drug-likeness (QED) is 0.112. The number of non-ortho nitro benzene ring substituents is 1. The van der Waals surface area contributed by atoms with E-state index in [1.54, 1.807) is 0 Å². The average molecular weight is 287 g/mol. The molecule has 0 unspecified atom stereocenters. The maximum atomic E-state index is 11.7. The number of carbonyl (C=O) groups excluding carboxylic acids is 1. The minimum absolute atomic E-state index is 0.126. The molecule has 0 radical (unpaired) electrons. The second-order valence-electron chi connectivity index (χ2n) is 4.05. The number of nitrogens with zero attached hydrogens (tertiary/aromatic N) is 3. The van der Waals surface area contributed by atoms with Crippen molar-refractivity contribution in [2.75, 3.05) is 6.61 Å². The van der Waals surface area contributed by atoms with Gasteiger partial charge in [-0.25, -0.2) is 4.79 Å². The molecule has 0 amide bonds. The number of terminal acetylenes is 1. The molecule has 0 bridgehead atoms. The van der Waals surface area contributed by atoms with Gasteiger partial charge in [-0.05, 0) is 25.0 Å². The molecule has 0 saturated carbocycles. The van der Waals surface area contributed by atoms with E-state index in [2.05, 4.69) is 10.7 Å². The first kappa shape index (κ1) is 16.1. The summed E-state index contributed by atoms with van der Waals surface area (Å²) >= 11 is 0. The Morgan fingerprint density at radius 2 is 2.05 bits per heavy atom. The van der Waals surface area contributed by atoms with Crippen LogP contribution in [0.2, 0.25) is 0 Å². The van der Waals surface area contributed by atoms with Gasteiger partial charge in [0.15, 0.2) is 0 Å². The topological polar surface area (TPSA) is 106 Å². The van der Waals surface area contributed by atoms with Crippen molar-refractivity contribution < 1.29 is 19.2 Å². The molecule has 0 aliphatic rings. The fourth-order valence-corrected chi connectivity index (χ4v) is 1.52. The minimum atomic E-state index is -0.799. The molecule has 0 saturated heterocycles. The number of nitro groups is 1. The van der Waals surface area contributed by atoms with Gasteiger partial charge in [-0.15, -0.1) is 12.3 Å². The number of unbranched alkanes of at least 4 members (excludes halogenated alkanes) is 2. The molecule has 7 nitrogen and oxygen atoms in total. The van der Waals surface area contributed by atoms with Gasteiger partial charge in [-0.2, -0.15) is 4.79 Å². The highest BCUT2D eigenvalue weighted by atomic mass is 16.6. The van der Waals surface area contributed by atoms with Gasteiger partial charge in [0, 0.05) is 18.6 Å².